The molecule has 1 unspecified atom stereocenters. The molecule has 1 N–H and O–H groups in total. The Labute approximate surface area is 144 Å². The number of alkyl halides is 3. The van der Waals surface area contributed by atoms with Gasteiger partial charge in [0.1, 0.15) is 17.8 Å². The number of nitrogens with one attached hydrogen (secondary N) is 1. The van der Waals surface area contributed by atoms with Crippen molar-refractivity contribution >= 4 is 5.82 Å². The highest BCUT2D eigenvalue weighted by Crippen LogP contribution is 2.27. The molecule has 2 aromatic rings. The first-order valence-corrected chi connectivity index (χ1v) is 8.20. The number of rotatable bonds is 4. The molecule has 3 heterocycles. The normalized spacial score (nSPS) is 19.0. The summed E-state index contributed by atoms with van der Waals surface area (Å²) in [4.78, 5) is 14.0. The molecule has 8 heteroatoms. The minimum atomic E-state index is -4.39. The molecule has 134 valence electrons. The number of piperidine rings is 1. The van der Waals surface area contributed by atoms with E-state index in [0.717, 1.165) is 49.1 Å². The van der Waals surface area contributed by atoms with Gasteiger partial charge in [-0.3, -0.25) is 9.88 Å². The van der Waals surface area contributed by atoms with Crippen molar-refractivity contribution in [2.45, 2.75) is 38.5 Å². The summed E-state index contributed by atoms with van der Waals surface area (Å²) in [5.41, 5.74) is 0.834. The van der Waals surface area contributed by atoms with E-state index in [0.29, 0.717) is 6.54 Å². The summed E-state index contributed by atoms with van der Waals surface area (Å²) in [5, 5.41) is 3.41. The van der Waals surface area contributed by atoms with Gasteiger partial charge < -0.3 is 5.32 Å². The van der Waals surface area contributed by atoms with Crippen LogP contribution in [0, 0.1) is 6.92 Å². The van der Waals surface area contributed by atoms with Gasteiger partial charge in [0, 0.05) is 37.1 Å². The molecule has 1 fully saturated rings. The van der Waals surface area contributed by atoms with Crippen LogP contribution in [0.3, 0.4) is 0 Å². The first-order valence-electron chi connectivity index (χ1n) is 8.20. The highest BCUT2D eigenvalue weighted by molar-refractivity contribution is 5.35. The second-order valence-corrected chi connectivity index (χ2v) is 6.31. The minimum Gasteiger partial charge on any atom is -0.366 e. The predicted molar refractivity (Wildman–Crippen MR) is 87.9 cm³/mol. The molecule has 0 aliphatic carbocycles. The van der Waals surface area contributed by atoms with Crippen LogP contribution in [0.4, 0.5) is 19.0 Å². The fourth-order valence-electron chi connectivity index (χ4n) is 3.00. The number of hydrogen-bond acceptors (Lipinski definition) is 5. The second kappa shape index (κ2) is 7.35. The van der Waals surface area contributed by atoms with E-state index >= 15 is 0 Å². The van der Waals surface area contributed by atoms with Gasteiger partial charge in [-0.15, -0.1) is 0 Å². The van der Waals surface area contributed by atoms with E-state index < -0.39 is 11.9 Å². The van der Waals surface area contributed by atoms with Crippen molar-refractivity contribution in [2.75, 3.05) is 18.4 Å². The van der Waals surface area contributed by atoms with E-state index in [1.165, 1.54) is 18.6 Å². The Balaban J connectivity index is 1.58. The number of aromatic nitrogens is 3. The Kier molecular flexibility index (Phi) is 5.17. The van der Waals surface area contributed by atoms with Crippen LogP contribution in [0.5, 0.6) is 0 Å². The fraction of sp³-hybridized carbons (Fsp3) is 0.471. The average molecular weight is 351 g/mol. The van der Waals surface area contributed by atoms with Crippen molar-refractivity contribution in [3.05, 3.63) is 47.7 Å². The zero-order valence-electron chi connectivity index (χ0n) is 13.9. The van der Waals surface area contributed by atoms with Gasteiger partial charge in [-0.05, 0) is 37.9 Å². The Hall–Kier alpha value is -2.22. The Morgan fingerprint density at radius 3 is 2.76 bits per heavy atom. The van der Waals surface area contributed by atoms with Crippen LogP contribution >= 0.6 is 0 Å². The first kappa shape index (κ1) is 17.6. The Morgan fingerprint density at radius 2 is 2.08 bits per heavy atom. The molecule has 1 saturated heterocycles. The first-order chi connectivity index (χ1) is 11.9. The van der Waals surface area contributed by atoms with E-state index in [1.54, 1.807) is 0 Å². The Morgan fingerprint density at radius 1 is 1.24 bits per heavy atom. The van der Waals surface area contributed by atoms with E-state index in [9.17, 15) is 13.2 Å². The zero-order valence-corrected chi connectivity index (χ0v) is 13.9. The van der Waals surface area contributed by atoms with Crippen LogP contribution in [-0.2, 0) is 12.7 Å². The molecule has 0 saturated carbocycles. The molecule has 0 radical (unpaired) electrons. The lowest BCUT2D eigenvalue weighted by atomic mass is 10.0. The van der Waals surface area contributed by atoms with E-state index in [-0.39, 0.29) is 6.04 Å². The third-order valence-electron chi connectivity index (χ3n) is 4.18. The van der Waals surface area contributed by atoms with E-state index in [4.69, 9.17) is 0 Å². The van der Waals surface area contributed by atoms with Gasteiger partial charge in [0.15, 0.2) is 0 Å². The lowest BCUT2D eigenvalue weighted by molar-refractivity contribution is -0.141. The van der Waals surface area contributed by atoms with Crippen LogP contribution in [-0.4, -0.2) is 39.0 Å². The molecule has 2 aromatic heterocycles. The van der Waals surface area contributed by atoms with Crippen LogP contribution in [0.2, 0.25) is 0 Å². The van der Waals surface area contributed by atoms with Gasteiger partial charge >= 0.3 is 6.18 Å². The smallest absolute Gasteiger partial charge is 0.366 e. The highest BCUT2D eigenvalue weighted by Gasteiger charge is 2.32. The monoisotopic (exact) mass is 351 g/mol. The molecule has 0 bridgehead atoms. The third-order valence-corrected chi connectivity index (χ3v) is 4.18. The summed E-state index contributed by atoms with van der Waals surface area (Å²) in [7, 11) is 0. The molecular formula is C17H20F3N5. The fourth-order valence-corrected chi connectivity index (χ4v) is 3.00. The largest absolute Gasteiger partial charge is 0.433 e. The van der Waals surface area contributed by atoms with Gasteiger partial charge in [0.2, 0.25) is 0 Å². The van der Waals surface area contributed by atoms with Crippen molar-refractivity contribution in [1.29, 1.82) is 0 Å². The van der Waals surface area contributed by atoms with Crippen LogP contribution in [0.15, 0.2) is 30.7 Å². The lowest BCUT2D eigenvalue weighted by Gasteiger charge is -2.33. The minimum absolute atomic E-state index is 0.255. The summed E-state index contributed by atoms with van der Waals surface area (Å²) in [6, 6.07) is 4.70. The molecule has 0 spiro atoms. The number of halogens is 3. The molecule has 5 nitrogen and oxygen atoms in total. The van der Waals surface area contributed by atoms with Gasteiger partial charge in [0.05, 0.1) is 0 Å². The van der Waals surface area contributed by atoms with Gasteiger partial charge in [0.25, 0.3) is 0 Å². The number of likely N-dealkylation sites (tertiary alicyclic amines) is 1. The van der Waals surface area contributed by atoms with Crippen LogP contribution in [0.1, 0.15) is 29.8 Å². The Bertz CT molecular complexity index is 702. The molecule has 1 aliphatic rings. The maximum absolute atomic E-state index is 12.6. The van der Waals surface area contributed by atoms with Gasteiger partial charge in [-0.2, -0.15) is 13.2 Å². The number of anilines is 1. The van der Waals surface area contributed by atoms with Crippen molar-refractivity contribution in [2.24, 2.45) is 0 Å². The summed E-state index contributed by atoms with van der Waals surface area (Å²) >= 11 is 0. The van der Waals surface area contributed by atoms with E-state index in [1.807, 2.05) is 13.0 Å². The number of nitrogens with zero attached hydrogens (tertiary/aromatic N) is 4. The van der Waals surface area contributed by atoms with Crippen molar-refractivity contribution in [3.8, 4) is 0 Å². The standard InChI is InChI=1S/C17H20F3N5/c1-12-7-16(23-11-22-12)24-14-3-2-6-25(10-14)9-13-4-5-15(21-8-13)17(18,19)20/h4-5,7-8,11,14H,2-3,6,9-10H2,1H3,(H,22,23,24). The SMILES string of the molecule is Cc1cc(NC2CCCN(Cc3ccc(C(F)(F)F)nc3)C2)ncn1. The quantitative estimate of drug-likeness (QED) is 0.916. The van der Waals surface area contributed by atoms with Gasteiger partial charge in [-0.1, -0.05) is 6.07 Å². The maximum atomic E-state index is 12.6. The second-order valence-electron chi connectivity index (χ2n) is 6.31. The van der Waals surface area contributed by atoms with Crippen molar-refractivity contribution < 1.29 is 13.2 Å². The number of aryl methyl sites for hydroxylation is 1. The topological polar surface area (TPSA) is 53.9 Å². The molecule has 25 heavy (non-hydrogen) atoms. The highest BCUT2D eigenvalue weighted by atomic mass is 19.4. The molecule has 1 aliphatic heterocycles. The lowest BCUT2D eigenvalue weighted by Crippen LogP contribution is -2.41. The third kappa shape index (κ3) is 4.88. The molecular weight excluding hydrogens is 331 g/mol. The van der Waals surface area contributed by atoms with Crippen LogP contribution in [0.25, 0.3) is 0 Å². The van der Waals surface area contributed by atoms with Gasteiger partial charge in [-0.25, -0.2) is 9.97 Å². The molecule has 1 atom stereocenters. The van der Waals surface area contributed by atoms with Crippen LogP contribution < -0.4 is 5.32 Å². The number of pyridine rings is 1. The van der Waals surface area contributed by atoms with E-state index in [2.05, 4.69) is 25.2 Å². The summed E-state index contributed by atoms with van der Waals surface area (Å²) in [6.45, 7) is 4.23. The summed E-state index contributed by atoms with van der Waals surface area (Å²) in [6.07, 6.45) is 0.509. The predicted octanol–water partition coefficient (Wildman–Crippen LogP) is 3.28. The molecule has 0 aromatic carbocycles. The number of hydrogen-bond donors (Lipinski definition) is 1. The maximum Gasteiger partial charge on any atom is 0.433 e. The molecule has 3 rings (SSSR count). The zero-order chi connectivity index (χ0) is 17.9. The summed E-state index contributed by atoms with van der Waals surface area (Å²) in [5.74, 6) is 0.801. The molecule has 0 amide bonds. The average Bonchev–Trinajstić information content (AvgIpc) is 2.55. The van der Waals surface area contributed by atoms with Crippen molar-refractivity contribution in [3.63, 3.8) is 0 Å². The van der Waals surface area contributed by atoms with Crippen molar-refractivity contribution in [1.82, 2.24) is 19.9 Å². The summed E-state index contributed by atoms with van der Waals surface area (Å²) < 4.78 is 37.7.